The van der Waals surface area contributed by atoms with Gasteiger partial charge >= 0.3 is 0 Å². The van der Waals surface area contributed by atoms with Crippen LogP contribution < -0.4 is 11.3 Å². The molecule has 0 saturated carbocycles. The zero-order chi connectivity index (χ0) is 18.0. The molecule has 7 heteroatoms. The standard InChI is InChI=1S/C18H18ClN3O2S/c1-11-2-4-12(5-3-11)17(24)22-15(16(23)21-20)10-25-18(22)13-6-8-14(19)9-7-13/h2-9,15,18H,10,20H2,1H3,(H,21,23). The van der Waals surface area contributed by atoms with Gasteiger partial charge in [0.2, 0.25) is 0 Å². The molecule has 3 rings (SSSR count). The fourth-order valence-corrected chi connectivity index (χ4v) is 4.34. The van der Waals surface area contributed by atoms with Gasteiger partial charge in [-0.1, -0.05) is 41.4 Å². The molecule has 0 radical (unpaired) electrons. The first-order valence-electron chi connectivity index (χ1n) is 7.78. The van der Waals surface area contributed by atoms with Crippen LogP contribution in [0.2, 0.25) is 5.02 Å². The lowest BCUT2D eigenvalue weighted by atomic mass is 10.1. The number of hydrogen-bond acceptors (Lipinski definition) is 4. The summed E-state index contributed by atoms with van der Waals surface area (Å²) in [5.74, 6) is 5.23. The molecule has 1 aliphatic heterocycles. The Morgan fingerprint density at radius 1 is 1.16 bits per heavy atom. The van der Waals surface area contributed by atoms with E-state index in [9.17, 15) is 9.59 Å². The first-order valence-corrected chi connectivity index (χ1v) is 9.21. The molecule has 25 heavy (non-hydrogen) atoms. The highest BCUT2D eigenvalue weighted by atomic mass is 35.5. The lowest BCUT2D eigenvalue weighted by Gasteiger charge is -2.29. The fraction of sp³-hybridized carbons (Fsp3) is 0.222. The van der Waals surface area contributed by atoms with Crippen molar-refractivity contribution in [2.24, 2.45) is 5.84 Å². The molecule has 1 aliphatic rings. The number of nitrogens with one attached hydrogen (secondary N) is 1. The average Bonchev–Trinajstić information content (AvgIpc) is 3.06. The van der Waals surface area contributed by atoms with Crippen LogP contribution in [-0.2, 0) is 4.79 Å². The smallest absolute Gasteiger partial charge is 0.257 e. The molecular formula is C18H18ClN3O2S. The molecule has 0 spiro atoms. The van der Waals surface area contributed by atoms with E-state index in [1.807, 2.05) is 31.2 Å². The number of aryl methyl sites for hydroxylation is 1. The van der Waals surface area contributed by atoms with E-state index in [4.69, 9.17) is 17.4 Å². The molecule has 1 fully saturated rings. The molecule has 2 aromatic rings. The normalized spacial score (nSPS) is 19.7. The summed E-state index contributed by atoms with van der Waals surface area (Å²) in [5.41, 5.74) is 4.70. The number of halogens is 1. The Morgan fingerprint density at radius 3 is 2.40 bits per heavy atom. The number of hydrogen-bond donors (Lipinski definition) is 2. The average molecular weight is 376 g/mol. The summed E-state index contributed by atoms with van der Waals surface area (Å²) >= 11 is 7.49. The van der Waals surface area contributed by atoms with E-state index in [0.29, 0.717) is 16.3 Å². The van der Waals surface area contributed by atoms with Crippen molar-refractivity contribution in [2.45, 2.75) is 18.3 Å². The number of amides is 2. The molecular weight excluding hydrogens is 358 g/mol. The van der Waals surface area contributed by atoms with Crippen LogP contribution in [0.25, 0.3) is 0 Å². The van der Waals surface area contributed by atoms with E-state index in [-0.39, 0.29) is 17.2 Å². The molecule has 0 bridgehead atoms. The summed E-state index contributed by atoms with van der Waals surface area (Å²) in [6.45, 7) is 1.96. The summed E-state index contributed by atoms with van der Waals surface area (Å²) in [7, 11) is 0. The van der Waals surface area contributed by atoms with Gasteiger partial charge in [-0.15, -0.1) is 11.8 Å². The van der Waals surface area contributed by atoms with E-state index >= 15 is 0 Å². The summed E-state index contributed by atoms with van der Waals surface area (Å²) in [4.78, 5) is 26.9. The quantitative estimate of drug-likeness (QED) is 0.491. The van der Waals surface area contributed by atoms with Crippen molar-refractivity contribution in [1.82, 2.24) is 10.3 Å². The maximum Gasteiger partial charge on any atom is 0.257 e. The van der Waals surface area contributed by atoms with E-state index in [0.717, 1.165) is 11.1 Å². The number of benzene rings is 2. The molecule has 0 aromatic heterocycles. The van der Waals surface area contributed by atoms with Crippen molar-refractivity contribution in [2.75, 3.05) is 5.75 Å². The Labute approximate surface area is 155 Å². The van der Waals surface area contributed by atoms with Gasteiger partial charge in [-0.3, -0.25) is 15.0 Å². The van der Waals surface area contributed by atoms with Crippen LogP contribution in [0.4, 0.5) is 0 Å². The number of carbonyl (C=O) groups excluding carboxylic acids is 2. The fourth-order valence-electron chi connectivity index (χ4n) is 2.78. The highest BCUT2D eigenvalue weighted by Crippen LogP contribution is 2.42. The van der Waals surface area contributed by atoms with Gasteiger partial charge in [0.1, 0.15) is 11.4 Å². The first-order chi connectivity index (χ1) is 12.0. The number of rotatable bonds is 3. The summed E-state index contributed by atoms with van der Waals surface area (Å²) in [6, 6.07) is 14.0. The number of nitrogens with two attached hydrogens (primary N) is 1. The topological polar surface area (TPSA) is 75.4 Å². The third kappa shape index (κ3) is 3.66. The van der Waals surface area contributed by atoms with Crippen LogP contribution in [0.1, 0.15) is 26.9 Å². The molecule has 0 aliphatic carbocycles. The second-order valence-electron chi connectivity index (χ2n) is 5.84. The van der Waals surface area contributed by atoms with Crippen molar-refractivity contribution < 1.29 is 9.59 Å². The number of thioether (sulfide) groups is 1. The molecule has 2 amide bonds. The number of hydrazine groups is 1. The number of nitrogens with zero attached hydrogens (tertiary/aromatic N) is 1. The second kappa shape index (κ2) is 7.47. The van der Waals surface area contributed by atoms with Crippen molar-refractivity contribution in [1.29, 1.82) is 0 Å². The molecule has 5 nitrogen and oxygen atoms in total. The minimum absolute atomic E-state index is 0.196. The lowest BCUT2D eigenvalue weighted by molar-refractivity contribution is -0.124. The van der Waals surface area contributed by atoms with Crippen LogP contribution >= 0.6 is 23.4 Å². The Hall–Kier alpha value is -2.02. The van der Waals surface area contributed by atoms with Crippen molar-refractivity contribution in [3.8, 4) is 0 Å². The van der Waals surface area contributed by atoms with E-state index in [1.165, 1.54) is 11.8 Å². The minimum Gasteiger partial charge on any atom is -0.310 e. The minimum atomic E-state index is -0.621. The molecule has 2 aromatic carbocycles. The Balaban J connectivity index is 1.97. The van der Waals surface area contributed by atoms with Crippen molar-refractivity contribution >= 4 is 35.2 Å². The zero-order valence-electron chi connectivity index (χ0n) is 13.6. The van der Waals surface area contributed by atoms with Gasteiger partial charge < -0.3 is 4.90 Å². The van der Waals surface area contributed by atoms with Gasteiger partial charge in [-0.05, 0) is 36.8 Å². The van der Waals surface area contributed by atoms with Gasteiger partial charge in [0.25, 0.3) is 11.8 Å². The Bertz CT molecular complexity index is 780. The van der Waals surface area contributed by atoms with E-state index < -0.39 is 6.04 Å². The molecule has 2 unspecified atom stereocenters. The molecule has 1 heterocycles. The predicted molar refractivity (Wildman–Crippen MR) is 100 cm³/mol. The Kier molecular flexibility index (Phi) is 5.32. The van der Waals surface area contributed by atoms with Crippen molar-refractivity contribution in [3.63, 3.8) is 0 Å². The maximum atomic E-state index is 13.1. The van der Waals surface area contributed by atoms with E-state index in [2.05, 4.69) is 5.43 Å². The van der Waals surface area contributed by atoms with Crippen LogP contribution in [-0.4, -0.2) is 28.5 Å². The summed E-state index contributed by atoms with van der Waals surface area (Å²) < 4.78 is 0. The lowest BCUT2D eigenvalue weighted by Crippen LogP contribution is -2.49. The van der Waals surface area contributed by atoms with Crippen molar-refractivity contribution in [3.05, 3.63) is 70.2 Å². The van der Waals surface area contributed by atoms with Crippen LogP contribution in [0.3, 0.4) is 0 Å². The van der Waals surface area contributed by atoms with Gasteiger partial charge in [0.15, 0.2) is 0 Å². The van der Waals surface area contributed by atoms with Crippen LogP contribution in [0.15, 0.2) is 48.5 Å². The second-order valence-corrected chi connectivity index (χ2v) is 7.39. The molecule has 3 N–H and O–H groups in total. The highest BCUT2D eigenvalue weighted by Gasteiger charge is 2.42. The monoisotopic (exact) mass is 375 g/mol. The predicted octanol–water partition coefficient (Wildman–Crippen LogP) is 2.89. The van der Waals surface area contributed by atoms with Crippen LogP contribution in [0, 0.1) is 6.92 Å². The Morgan fingerprint density at radius 2 is 1.80 bits per heavy atom. The SMILES string of the molecule is Cc1ccc(C(=O)N2C(C(=O)NN)CSC2c2ccc(Cl)cc2)cc1. The van der Waals surface area contributed by atoms with Gasteiger partial charge in [0, 0.05) is 16.3 Å². The maximum absolute atomic E-state index is 13.1. The van der Waals surface area contributed by atoms with Gasteiger partial charge in [-0.2, -0.15) is 0 Å². The van der Waals surface area contributed by atoms with Crippen LogP contribution in [0.5, 0.6) is 0 Å². The largest absolute Gasteiger partial charge is 0.310 e. The third-order valence-electron chi connectivity index (χ3n) is 4.13. The molecule has 1 saturated heterocycles. The molecule has 130 valence electrons. The van der Waals surface area contributed by atoms with Gasteiger partial charge in [-0.25, -0.2) is 5.84 Å². The number of carbonyl (C=O) groups is 2. The molecule has 2 atom stereocenters. The first kappa shape index (κ1) is 17.8. The zero-order valence-corrected chi connectivity index (χ0v) is 15.2. The highest BCUT2D eigenvalue weighted by molar-refractivity contribution is 7.99. The van der Waals surface area contributed by atoms with Gasteiger partial charge in [0.05, 0.1) is 0 Å². The third-order valence-corrected chi connectivity index (χ3v) is 5.71. The van der Waals surface area contributed by atoms with E-state index in [1.54, 1.807) is 29.2 Å². The summed E-state index contributed by atoms with van der Waals surface area (Å²) in [5, 5.41) is 0.354. The summed E-state index contributed by atoms with van der Waals surface area (Å²) in [6.07, 6.45) is 0.